The summed E-state index contributed by atoms with van der Waals surface area (Å²) in [6.07, 6.45) is 2.24. The third-order valence-corrected chi connectivity index (χ3v) is 3.28. The molecule has 2 aromatic rings. The lowest BCUT2D eigenvalue weighted by molar-refractivity contribution is 0.192. The topological polar surface area (TPSA) is 39.1 Å². The molecule has 4 nitrogen and oxygen atoms in total. The molecular weight excluding hydrogens is 238 g/mol. The fourth-order valence-corrected chi connectivity index (χ4v) is 2.31. The summed E-state index contributed by atoms with van der Waals surface area (Å²) in [6, 6.07) is 8.31. The zero-order valence-corrected chi connectivity index (χ0v) is 11.9. The Morgan fingerprint density at radius 1 is 1.26 bits per heavy atom. The second kappa shape index (κ2) is 7.26. The van der Waals surface area contributed by atoms with Gasteiger partial charge in [-0.3, -0.25) is 0 Å². The summed E-state index contributed by atoms with van der Waals surface area (Å²) in [6.45, 7) is 5.80. The molecule has 0 aliphatic heterocycles. The first kappa shape index (κ1) is 14.0. The highest BCUT2D eigenvalue weighted by Gasteiger charge is 2.07. The molecule has 0 amide bonds. The number of aromatic nitrogens is 2. The number of methoxy groups -OCH3 is 1. The number of aryl methyl sites for hydroxylation is 1. The highest BCUT2D eigenvalue weighted by molar-refractivity contribution is 5.75. The van der Waals surface area contributed by atoms with E-state index in [9.17, 15) is 0 Å². The summed E-state index contributed by atoms with van der Waals surface area (Å²) < 4.78 is 7.31. The standard InChI is InChI=1S/C15H23N3O/c1-3-18-14-9-5-4-8-13(14)17-15(18)12-16-10-6-7-11-19-2/h4-5,8-9,16H,3,6-7,10-12H2,1-2H3. The Bertz CT molecular complexity index is 507. The van der Waals surface area contributed by atoms with Gasteiger partial charge in [-0.1, -0.05) is 12.1 Å². The van der Waals surface area contributed by atoms with E-state index in [1.54, 1.807) is 7.11 Å². The molecule has 0 spiro atoms. The molecule has 0 atom stereocenters. The smallest absolute Gasteiger partial charge is 0.123 e. The first-order valence-corrected chi connectivity index (χ1v) is 7.00. The Kier molecular flexibility index (Phi) is 5.36. The van der Waals surface area contributed by atoms with Gasteiger partial charge < -0.3 is 14.6 Å². The van der Waals surface area contributed by atoms with E-state index in [2.05, 4.69) is 35.0 Å². The van der Waals surface area contributed by atoms with Crippen LogP contribution in [0.4, 0.5) is 0 Å². The van der Waals surface area contributed by atoms with E-state index < -0.39 is 0 Å². The van der Waals surface area contributed by atoms with Gasteiger partial charge >= 0.3 is 0 Å². The Hall–Kier alpha value is -1.39. The number of ether oxygens (including phenoxy) is 1. The molecule has 19 heavy (non-hydrogen) atoms. The average molecular weight is 261 g/mol. The van der Waals surface area contributed by atoms with Crippen molar-refractivity contribution in [3.8, 4) is 0 Å². The van der Waals surface area contributed by atoms with Crippen LogP contribution in [0.2, 0.25) is 0 Å². The molecule has 4 heteroatoms. The van der Waals surface area contributed by atoms with E-state index in [-0.39, 0.29) is 0 Å². The SMILES string of the molecule is CCn1c(CNCCCCOC)nc2ccccc21. The van der Waals surface area contributed by atoms with Gasteiger partial charge in [0.2, 0.25) is 0 Å². The first-order chi connectivity index (χ1) is 9.36. The van der Waals surface area contributed by atoms with Gasteiger partial charge in [0.25, 0.3) is 0 Å². The third kappa shape index (κ3) is 3.55. The van der Waals surface area contributed by atoms with Gasteiger partial charge in [-0.2, -0.15) is 0 Å². The van der Waals surface area contributed by atoms with Crippen LogP contribution in [0.15, 0.2) is 24.3 Å². The Labute approximate surface area is 114 Å². The Balaban J connectivity index is 1.93. The second-order valence-electron chi connectivity index (χ2n) is 4.64. The highest BCUT2D eigenvalue weighted by Crippen LogP contribution is 2.15. The average Bonchev–Trinajstić information content (AvgIpc) is 2.80. The number of hydrogen-bond donors (Lipinski definition) is 1. The molecule has 0 radical (unpaired) electrons. The van der Waals surface area contributed by atoms with Crippen molar-refractivity contribution in [1.82, 2.24) is 14.9 Å². The van der Waals surface area contributed by atoms with Crippen LogP contribution in [0.5, 0.6) is 0 Å². The number of nitrogens with one attached hydrogen (secondary N) is 1. The van der Waals surface area contributed by atoms with Crippen LogP contribution in [0.3, 0.4) is 0 Å². The lowest BCUT2D eigenvalue weighted by Crippen LogP contribution is -2.18. The van der Waals surface area contributed by atoms with E-state index in [1.165, 1.54) is 5.52 Å². The van der Waals surface area contributed by atoms with Gasteiger partial charge in [-0.05, 0) is 38.4 Å². The predicted molar refractivity (Wildman–Crippen MR) is 78.2 cm³/mol. The minimum atomic E-state index is 0.829. The first-order valence-electron chi connectivity index (χ1n) is 7.00. The van der Waals surface area contributed by atoms with E-state index in [0.717, 1.165) is 50.4 Å². The number of fused-ring (bicyclic) bond motifs is 1. The molecule has 2 rings (SSSR count). The van der Waals surface area contributed by atoms with Crippen LogP contribution >= 0.6 is 0 Å². The lowest BCUT2D eigenvalue weighted by atomic mass is 10.3. The number of para-hydroxylation sites is 2. The van der Waals surface area contributed by atoms with Gasteiger partial charge in [0.05, 0.1) is 17.6 Å². The van der Waals surface area contributed by atoms with Crippen molar-refractivity contribution in [3.05, 3.63) is 30.1 Å². The maximum atomic E-state index is 5.04. The molecule has 0 aliphatic carbocycles. The van der Waals surface area contributed by atoms with Crippen LogP contribution in [0.25, 0.3) is 11.0 Å². The molecule has 0 unspecified atom stereocenters. The van der Waals surface area contributed by atoms with Crippen molar-refractivity contribution in [2.45, 2.75) is 32.9 Å². The van der Waals surface area contributed by atoms with Crippen molar-refractivity contribution in [3.63, 3.8) is 0 Å². The monoisotopic (exact) mass is 261 g/mol. The van der Waals surface area contributed by atoms with Crippen molar-refractivity contribution in [2.75, 3.05) is 20.3 Å². The summed E-state index contributed by atoms with van der Waals surface area (Å²) in [5, 5.41) is 3.46. The second-order valence-corrected chi connectivity index (χ2v) is 4.64. The minimum absolute atomic E-state index is 0.829. The summed E-state index contributed by atoms with van der Waals surface area (Å²) in [7, 11) is 1.75. The van der Waals surface area contributed by atoms with Crippen molar-refractivity contribution >= 4 is 11.0 Å². The Morgan fingerprint density at radius 2 is 2.11 bits per heavy atom. The van der Waals surface area contributed by atoms with Gasteiger partial charge in [-0.25, -0.2) is 4.98 Å². The van der Waals surface area contributed by atoms with E-state index in [4.69, 9.17) is 9.72 Å². The minimum Gasteiger partial charge on any atom is -0.385 e. The van der Waals surface area contributed by atoms with Crippen molar-refractivity contribution < 1.29 is 4.74 Å². The van der Waals surface area contributed by atoms with Crippen LogP contribution in [-0.4, -0.2) is 29.8 Å². The molecule has 0 fully saturated rings. The largest absolute Gasteiger partial charge is 0.385 e. The van der Waals surface area contributed by atoms with Gasteiger partial charge in [0.1, 0.15) is 5.82 Å². The molecule has 0 saturated heterocycles. The van der Waals surface area contributed by atoms with Crippen LogP contribution in [0.1, 0.15) is 25.6 Å². The molecule has 104 valence electrons. The fraction of sp³-hybridized carbons (Fsp3) is 0.533. The Morgan fingerprint density at radius 3 is 2.89 bits per heavy atom. The van der Waals surface area contributed by atoms with E-state index in [1.807, 2.05) is 6.07 Å². The third-order valence-electron chi connectivity index (χ3n) is 3.28. The molecule has 1 aromatic heterocycles. The number of nitrogens with zero attached hydrogens (tertiary/aromatic N) is 2. The van der Waals surface area contributed by atoms with Crippen LogP contribution in [-0.2, 0) is 17.8 Å². The van der Waals surface area contributed by atoms with E-state index in [0.29, 0.717) is 0 Å². The summed E-state index contributed by atoms with van der Waals surface area (Å²) in [4.78, 5) is 4.69. The number of imidazole rings is 1. The highest BCUT2D eigenvalue weighted by atomic mass is 16.5. The van der Waals surface area contributed by atoms with Crippen LogP contribution in [0, 0.1) is 0 Å². The maximum absolute atomic E-state index is 5.04. The lowest BCUT2D eigenvalue weighted by Gasteiger charge is -2.07. The number of rotatable bonds is 8. The maximum Gasteiger partial charge on any atom is 0.123 e. The molecule has 1 heterocycles. The zero-order valence-electron chi connectivity index (χ0n) is 11.9. The van der Waals surface area contributed by atoms with Crippen LogP contribution < -0.4 is 5.32 Å². The quantitative estimate of drug-likeness (QED) is 0.742. The predicted octanol–water partition coefficient (Wildman–Crippen LogP) is 2.57. The number of unbranched alkanes of at least 4 members (excludes halogenated alkanes) is 1. The van der Waals surface area contributed by atoms with Gasteiger partial charge in [0.15, 0.2) is 0 Å². The zero-order chi connectivity index (χ0) is 13.5. The fourth-order valence-electron chi connectivity index (χ4n) is 2.31. The molecule has 0 bridgehead atoms. The normalized spacial score (nSPS) is 11.3. The van der Waals surface area contributed by atoms with E-state index >= 15 is 0 Å². The molecule has 0 aliphatic rings. The van der Waals surface area contributed by atoms with Crippen molar-refractivity contribution in [2.24, 2.45) is 0 Å². The van der Waals surface area contributed by atoms with Gasteiger partial charge in [-0.15, -0.1) is 0 Å². The van der Waals surface area contributed by atoms with Gasteiger partial charge in [0, 0.05) is 20.3 Å². The summed E-state index contributed by atoms with van der Waals surface area (Å²) in [5.74, 6) is 1.12. The van der Waals surface area contributed by atoms with Crippen molar-refractivity contribution in [1.29, 1.82) is 0 Å². The summed E-state index contributed by atoms with van der Waals surface area (Å²) in [5.41, 5.74) is 2.31. The molecule has 0 saturated carbocycles. The molecule has 1 aromatic carbocycles. The number of hydrogen-bond acceptors (Lipinski definition) is 3. The summed E-state index contributed by atoms with van der Waals surface area (Å²) >= 11 is 0. The number of benzene rings is 1. The molecule has 1 N–H and O–H groups in total. The molecular formula is C15H23N3O.